The summed E-state index contributed by atoms with van der Waals surface area (Å²) in [6.45, 7) is 1.66. The number of nitrogens with one attached hydrogen (secondary N) is 1. The molecule has 0 spiro atoms. The zero-order valence-corrected chi connectivity index (χ0v) is 24.7. The highest BCUT2D eigenvalue weighted by Crippen LogP contribution is 2.44. The number of methoxy groups -OCH3 is 4. The quantitative estimate of drug-likeness (QED) is 0.244. The van der Waals surface area contributed by atoms with Crippen LogP contribution in [0.2, 0.25) is 0 Å². The normalized spacial score (nSPS) is 13.6. The van der Waals surface area contributed by atoms with Crippen LogP contribution in [-0.2, 0) is 0 Å². The van der Waals surface area contributed by atoms with Crippen molar-refractivity contribution >= 4 is 33.4 Å². The van der Waals surface area contributed by atoms with E-state index in [2.05, 4.69) is 27.3 Å². The number of amides is 1. The number of fused-ring (bicyclic) bond motifs is 2. The van der Waals surface area contributed by atoms with Crippen molar-refractivity contribution in [3.8, 4) is 34.3 Å². The van der Waals surface area contributed by atoms with Gasteiger partial charge < -0.3 is 29.2 Å². The van der Waals surface area contributed by atoms with Gasteiger partial charge in [0, 0.05) is 47.4 Å². The van der Waals surface area contributed by atoms with Crippen LogP contribution in [0, 0.1) is 0 Å². The maximum atomic E-state index is 13.9. The van der Waals surface area contributed by atoms with Gasteiger partial charge in [0.05, 0.1) is 50.7 Å². The topological polar surface area (TPSA) is 95.0 Å². The molecule has 9 heteroatoms. The number of para-hydroxylation sites is 1. The predicted molar refractivity (Wildman–Crippen MR) is 168 cm³/mol. The highest BCUT2D eigenvalue weighted by molar-refractivity contribution is 6.08. The molecule has 2 aromatic heterocycles. The van der Waals surface area contributed by atoms with Gasteiger partial charge in [-0.05, 0) is 61.4 Å². The molecule has 3 aromatic carbocycles. The van der Waals surface area contributed by atoms with E-state index >= 15 is 0 Å². The minimum Gasteiger partial charge on any atom is -0.497 e. The lowest BCUT2D eigenvalue weighted by molar-refractivity contribution is 0.0932. The Kier molecular flexibility index (Phi) is 7.87. The Labute approximate surface area is 250 Å². The molecule has 0 atom stereocenters. The Morgan fingerprint density at radius 1 is 0.814 bits per heavy atom. The van der Waals surface area contributed by atoms with Crippen LogP contribution in [0.25, 0.3) is 33.1 Å². The van der Waals surface area contributed by atoms with E-state index in [1.165, 1.54) is 5.69 Å². The lowest BCUT2D eigenvalue weighted by atomic mass is 10.00. The average Bonchev–Trinajstić information content (AvgIpc) is 3.06. The van der Waals surface area contributed by atoms with Gasteiger partial charge in [-0.3, -0.25) is 9.78 Å². The molecule has 1 aliphatic heterocycles. The summed E-state index contributed by atoms with van der Waals surface area (Å²) in [5.74, 6) is 1.97. The van der Waals surface area contributed by atoms with E-state index in [4.69, 9.17) is 23.9 Å². The molecule has 5 aromatic rings. The largest absolute Gasteiger partial charge is 0.497 e. The molecule has 0 aliphatic carbocycles. The fraction of sp³-hybridized carbons (Fsp3) is 0.265. The molecule has 1 aliphatic rings. The van der Waals surface area contributed by atoms with E-state index in [0.717, 1.165) is 36.8 Å². The second kappa shape index (κ2) is 12.1. The summed E-state index contributed by atoms with van der Waals surface area (Å²) in [4.78, 5) is 25.7. The van der Waals surface area contributed by atoms with E-state index in [9.17, 15) is 4.79 Å². The molecule has 1 amide bonds. The second-order valence-corrected chi connectivity index (χ2v) is 10.4. The van der Waals surface area contributed by atoms with Gasteiger partial charge in [0.15, 0.2) is 11.5 Å². The standard InChI is InChI=1S/C34H34N4O5/c1-40-22-9-11-28-25(19-22)26(20-29(37-28)24-10-12-31(41-2)33(43-4)32(24)42-3)34(39)36-21-14-17-38(18-15-21)30-13-16-35-27-8-6-5-7-23(27)30/h5-13,16,19-21H,14-15,17-18H2,1-4H3,(H,36,39). The molecular formula is C34H34N4O5. The number of nitrogens with zero attached hydrogens (tertiary/aromatic N) is 3. The van der Waals surface area contributed by atoms with E-state index in [1.807, 2.05) is 48.7 Å². The van der Waals surface area contributed by atoms with E-state index in [-0.39, 0.29) is 11.9 Å². The monoisotopic (exact) mass is 578 g/mol. The van der Waals surface area contributed by atoms with Crippen molar-refractivity contribution in [2.45, 2.75) is 18.9 Å². The van der Waals surface area contributed by atoms with Crippen LogP contribution in [0.15, 0.2) is 72.9 Å². The molecule has 43 heavy (non-hydrogen) atoms. The second-order valence-electron chi connectivity index (χ2n) is 10.4. The van der Waals surface area contributed by atoms with Crippen LogP contribution in [0.5, 0.6) is 23.0 Å². The van der Waals surface area contributed by atoms with Crippen molar-refractivity contribution in [3.05, 3.63) is 78.5 Å². The van der Waals surface area contributed by atoms with Crippen LogP contribution in [0.4, 0.5) is 5.69 Å². The maximum Gasteiger partial charge on any atom is 0.252 e. The number of rotatable bonds is 8. The van der Waals surface area contributed by atoms with Gasteiger partial charge in [-0.25, -0.2) is 4.98 Å². The number of ether oxygens (including phenoxy) is 4. The summed E-state index contributed by atoms with van der Waals surface area (Å²) in [5, 5.41) is 5.15. The van der Waals surface area contributed by atoms with Crippen LogP contribution < -0.4 is 29.2 Å². The Morgan fingerprint density at radius 2 is 1.60 bits per heavy atom. The van der Waals surface area contributed by atoms with Crippen LogP contribution in [0.1, 0.15) is 23.2 Å². The number of carbonyl (C=O) groups excluding carboxylic acids is 1. The molecule has 1 saturated heterocycles. The summed E-state index contributed by atoms with van der Waals surface area (Å²) in [6, 6.07) is 21.3. The first kappa shape index (κ1) is 28.1. The molecule has 1 fully saturated rings. The van der Waals surface area contributed by atoms with Crippen molar-refractivity contribution < 1.29 is 23.7 Å². The lowest BCUT2D eigenvalue weighted by Gasteiger charge is -2.34. The maximum absolute atomic E-state index is 13.9. The van der Waals surface area contributed by atoms with E-state index < -0.39 is 0 Å². The molecule has 0 bridgehead atoms. The number of hydrogen-bond donors (Lipinski definition) is 1. The molecule has 3 heterocycles. The highest BCUT2D eigenvalue weighted by atomic mass is 16.5. The Bertz CT molecular complexity index is 1790. The van der Waals surface area contributed by atoms with Gasteiger partial charge in [-0.1, -0.05) is 18.2 Å². The zero-order valence-electron chi connectivity index (χ0n) is 24.7. The van der Waals surface area contributed by atoms with Crippen molar-refractivity contribution in [1.82, 2.24) is 15.3 Å². The fourth-order valence-corrected chi connectivity index (χ4v) is 5.85. The predicted octanol–water partition coefficient (Wildman–Crippen LogP) is 5.88. The third kappa shape index (κ3) is 5.34. The van der Waals surface area contributed by atoms with Gasteiger partial charge in [-0.15, -0.1) is 0 Å². The molecule has 0 saturated carbocycles. The SMILES string of the molecule is COc1ccc2nc(-c3ccc(OC)c(OC)c3OC)cc(C(=O)NC3CCN(c4ccnc5ccccc45)CC3)c2c1. The summed E-state index contributed by atoms with van der Waals surface area (Å²) in [7, 11) is 6.31. The molecule has 0 unspecified atom stereocenters. The van der Waals surface area contributed by atoms with Crippen LogP contribution in [0.3, 0.4) is 0 Å². The average molecular weight is 579 g/mol. The first-order valence-corrected chi connectivity index (χ1v) is 14.2. The third-order valence-corrected chi connectivity index (χ3v) is 8.04. The van der Waals surface area contributed by atoms with E-state index in [0.29, 0.717) is 50.7 Å². The van der Waals surface area contributed by atoms with Crippen LogP contribution in [-0.4, -0.2) is 63.4 Å². The summed E-state index contributed by atoms with van der Waals surface area (Å²) in [6.07, 6.45) is 3.51. The van der Waals surface area contributed by atoms with Gasteiger partial charge in [-0.2, -0.15) is 0 Å². The van der Waals surface area contributed by atoms with Crippen molar-refractivity contribution in [2.75, 3.05) is 46.4 Å². The summed E-state index contributed by atoms with van der Waals surface area (Å²) < 4.78 is 22.3. The Hall–Kier alpha value is -5.05. The van der Waals surface area contributed by atoms with Gasteiger partial charge in [0.1, 0.15) is 5.75 Å². The highest BCUT2D eigenvalue weighted by Gasteiger charge is 2.25. The molecule has 9 nitrogen and oxygen atoms in total. The van der Waals surface area contributed by atoms with Crippen molar-refractivity contribution in [1.29, 1.82) is 0 Å². The molecule has 0 radical (unpaired) electrons. The van der Waals surface area contributed by atoms with Crippen molar-refractivity contribution in [2.24, 2.45) is 0 Å². The van der Waals surface area contributed by atoms with E-state index in [1.54, 1.807) is 40.6 Å². The summed E-state index contributed by atoms with van der Waals surface area (Å²) in [5.41, 5.74) is 4.61. The number of anilines is 1. The first-order valence-electron chi connectivity index (χ1n) is 14.2. The fourth-order valence-electron chi connectivity index (χ4n) is 5.85. The number of benzene rings is 3. The van der Waals surface area contributed by atoms with Gasteiger partial charge >= 0.3 is 0 Å². The Balaban J connectivity index is 1.30. The third-order valence-electron chi connectivity index (χ3n) is 8.04. The Morgan fingerprint density at radius 3 is 2.35 bits per heavy atom. The smallest absolute Gasteiger partial charge is 0.252 e. The molecule has 6 rings (SSSR count). The van der Waals surface area contributed by atoms with Gasteiger partial charge in [0.2, 0.25) is 5.75 Å². The number of aromatic nitrogens is 2. The number of pyridine rings is 2. The van der Waals surface area contributed by atoms with Gasteiger partial charge in [0.25, 0.3) is 5.91 Å². The number of carbonyl (C=O) groups is 1. The van der Waals surface area contributed by atoms with Crippen LogP contribution >= 0.6 is 0 Å². The summed E-state index contributed by atoms with van der Waals surface area (Å²) >= 11 is 0. The molecule has 1 N–H and O–H groups in total. The molecule has 220 valence electrons. The first-order chi connectivity index (χ1) is 21.0. The number of piperidine rings is 1. The minimum absolute atomic E-state index is 0.0322. The van der Waals surface area contributed by atoms with Crippen molar-refractivity contribution in [3.63, 3.8) is 0 Å². The number of hydrogen-bond acceptors (Lipinski definition) is 8. The lowest BCUT2D eigenvalue weighted by Crippen LogP contribution is -2.44. The minimum atomic E-state index is -0.158. The zero-order chi connectivity index (χ0) is 29.9. The molecular weight excluding hydrogens is 544 g/mol.